The zero-order valence-corrected chi connectivity index (χ0v) is 12.0. The van der Waals surface area contributed by atoms with E-state index in [0.717, 1.165) is 5.56 Å². The molecule has 0 saturated carbocycles. The summed E-state index contributed by atoms with van der Waals surface area (Å²) in [5, 5.41) is 0.653. The predicted molar refractivity (Wildman–Crippen MR) is 71.8 cm³/mol. The van der Waals surface area contributed by atoms with Gasteiger partial charge in [0.2, 0.25) is 0 Å². The average molecular weight is 314 g/mol. The van der Waals surface area contributed by atoms with Gasteiger partial charge in [0.25, 0.3) is 0 Å². The first-order chi connectivity index (χ1) is 7.89. The lowest BCUT2D eigenvalue weighted by Gasteiger charge is -2.17. The smallest absolute Gasteiger partial charge is 0.150 e. The van der Waals surface area contributed by atoms with Gasteiger partial charge in [-0.25, -0.2) is 8.42 Å². The van der Waals surface area contributed by atoms with E-state index in [1.807, 2.05) is 0 Å². The topological polar surface area (TPSA) is 34.1 Å². The molecule has 1 aromatic carbocycles. The maximum Gasteiger partial charge on any atom is 0.150 e. The molecule has 0 N–H and O–H groups in total. The second kappa shape index (κ2) is 4.96. The SMILES string of the molecule is O=S1(=O)CCC(C(Cl)c2ccc(Cl)cc2Cl)C1. The predicted octanol–water partition coefficient (Wildman–Crippen LogP) is 3.71. The molecule has 0 aliphatic carbocycles. The Hall–Kier alpha value is 0.0400. The number of hydrogen-bond donors (Lipinski definition) is 0. The Labute approximate surface area is 116 Å². The standard InChI is InChI=1S/C11H11Cl3O2S/c12-8-1-2-9(10(13)5-8)11(14)7-3-4-17(15,16)6-7/h1-2,5,7,11H,3-4,6H2. The quantitative estimate of drug-likeness (QED) is 0.780. The van der Waals surface area contributed by atoms with E-state index >= 15 is 0 Å². The molecule has 0 bridgehead atoms. The van der Waals surface area contributed by atoms with E-state index in [2.05, 4.69) is 0 Å². The minimum atomic E-state index is -2.92. The fourth-order valence-electron chi connectivity index (χ4n) is 2.03. The molecule has 1 heterocycles. The van der Waals surface area contributed by atoms with E-state index in [1.165, 1.54) is 0 Å². The number of hydrogen-bond acceptors (Lipinski definition) is 2. The van der Waals surface area contributed by atoms with Gasteiger partial charge < -0.3 is 0 Å². The van der Waals surface area contributed by atoms with Crippen LogP contribution in [0.25, 0.3) is 0 Å². The van der Waals surface area contributed by atoms with Gasteiger partial charge in [-0.2, -0.15) is 0 Å². The van der Waals surface area contributed by atoms with E-state index in [4.69, 9.17) is 34.8 Å². The number of rotatable bonds is 2. The molecule has 17 heavy (non-hydrogen) atoms. The molecule has 1 aliphatic heterocycles. The van der Waals surface area contributed by atoms with Gasteiger partial charge in [-0.05, 0) is 30.0 Å². The molecule has 2 unspecified atom stereocenters. The number of sulfone groups is 1. The van der Waals surface area contributed by atoms with Crippen LogP contribution in [0.3, 0.4) is 0 Å². The third-order valence-electron chi connectivity index (χ3n) is 2.94. The summed E-state index contributed by atoms with van der Waals surface area (Å²) in [5.41, 5.74) is 0.750. The highest BCUT2D eigenvalue weighted by molar-refractivity contribution is 7.91. The number of halogens is 3. The van der Waals surface area contributed by atoms with Gasteiger partial charge >= 0.3 is 0 Å². The van der Waals surface area contributed by atoms with Crippen LogP contribution in [0, 0.1) is 5.92 Å². The second-order valence-corrected chi connectivity index (χ2v) is 7.77. The Morgan fingerprint density at radius 1 is 1.29 bits per heavy atom. The van der Waals surface area contributed by atoms with Gasteiger partial charge in [0.1, 0.15) is 0 Å². The van der Waals surface area contributed by atoms with Crippen molar-refractivity contribution in [3.8, 4) is 0 Å². The van der Waals surface area contributed by atoms with Crippen molar-refractivity contribution in [3.05, 3.63) is 33.8 Å². The summed E-state index contributed by atoms with van der Waals surface area (Å²) in [6.07, 6.45) is 0.593. The van der Waals surface area contributed by atoms with E-state index in [-0.39, 0.29) is 22.8 Å². The zero-order valence-electron chi connectivity index (χ0n) is 8.87. The lowest BCUT2D eigenvalue weighted by Crippen LogP contribution is -2.10. The fourth-order valence-corrected chi connectivity index (χ4v) is 4.97. The van der Waals surface area contributed by atoms with E-state index in [9.17, 15) is 8.42 Å². The summed E-state index contributed by atoms with van der Waals surface area (Å²) in [5.74, 6) is 0.284. The average Bonchev–Trinajstić information content (AvgIpc) is 2.58. The monoisotopic (exact) mass is 312 g/mol. The van der Waals surface area contributed by atoms with Crippen molar-refractivity contribution in [1.82, 2.24) is 0 Å². The minimum absolute atomic E-state index is 0.0691. The van der Waals surface area contributed by atoms with Gasteiger partial charge in [-0.3, -0.25) is 0 Å². The van der Waals surface area contributed by atoms with Crippen LogP contribution in [-0.4, -0.2) is 19.9 Å². The van der Waals surface area contributed by atoms with E-state index < -0.39 is 9.84 Å². The van der Waals surface area contributed by atoms with Crippen molar-refractivity contribution in [2.75, 3.05) is 11.5 Å². The van der Waals surface area contributed by atoms with Crippen LogP contribution in [-0.2, 0) is 9.84 Å². The Balaban J connectivity index is 2.23. The highest BCUT2D eigenvalue weighted by Crippen LogP contribution is 2.39. The summed E-state index contributed by atoms with van der Waals surface area (Å²) in [4.78, 5) is 0. The van der Waals surface area contributed by atoms with Gasteiger partial charge in [0, 0.05) is 10.0 Å². The van der Waals surface area contributed by atoms with E-state index in [1.54, 1.807) is 18.2 Å². The third kappa shape index (κ3) is 3.08. The first-order valence-corrected chi connectivity index (χ1v) is 8.20. The van der Waals surface area contributed by atoms with Crippen LogP contribution in [0.15, 0.2) is 18.2 Å². The highest BCUT2D eigenvalue weighted by atomic mass is 35.5. The van der Waals surface area contributed by atoms with Gasteiger partial charge in [0.05, 0.1) is 16.9 Å². The van der Waals surface area contributed by atoms with Gasteiger partial charge in [-0.1, -0.05) is 29.3 Å². The molecule has 94 valence electrons. The molecule has 0 amide bonds. The Bertz CT molecular complexity index is 528. The molecule has 1 aliphatic rings. The van der Waals surface area contributed by atoms with Gasteiger partial charge in [0.15, 0.2) is 9.84 Å². The Morgan fingerprint density at radius 2 is 2.00 bits per heavy atom. The van der Waals surface area contributed by atoms with Crippen molar-refractivity contribution in [2.24, 2.45) is 5.92 Å². The highest BCUT2D eigenvalue weighted by Gasteiger charge is 2.34. The van der Waals surface area contributed by atoms with Crippen LogP contribution >= 0.6 is 34.8 Å². The first kappa shape index (κ1) is 13.5. The number of alkyl halides is 1. The van der Waals surface area contributed by atoms with Crippen molar-refractivity contribution in [2.45, 2.75) is 11.8 Å². The van der Waals surface area contributed by atoms with Crippen LogP contribution in [0.4, 0.5) is 0 Å². The van der Waals surface area contributed by atoms with Crippen molar-refractivity contribution < 1.29 is 8.42 Å². The summed E-state index contributed by atoms with van der Waals surface area (Å²) in [7, 11) is -2.92. The molecule has 0 aromatic heterocycles. The van der Waals surface area contributed by atoms with Crippen LogP contribution in [0.2, 0.25) is 10.0 Å². The first-order valence-electron chi connectivity index (χ1n) is 5.18. The van der Waals surface area contributed by atoms with Gasteiger partial charge in [-0.15, -0.1) is 11.6 Å². The molecular weight excluding hydrogens is 303 g/mol. The molecule has 0 radical (unpaired) electrons. The van der Waals surface area contributed by atoms with E-state index in [0.29, 0.717) is 16.5 Å². The summed E-state index contributed by atoms with van der Waals surface area (Å²) >= 11 is 18.2. The molecular formula is C11H11Cl3O2S. The molecule has 0 spiro atoms. The van der Waals surface area contributed by atoms with Crippen LogP contribution in [0.1, 0.15) is 17.4 Å². The molecule has 1 aromatic rings. The van der Waals surface area contributed by atoms with Crippen molar-refractivity contribution in [3.63, 3.8) is 0 Å². The summed E-state index contributed by atoms with van der Waals surface area (Å²) in [6, 6.07) is 5.09. The molecule has 1 fully saturated rings. The summed E-state index contributed by atoms with van der Waals surface area (Å²) in [6.45, 7) is 0. The van der Waals surface area contributed by atoms with Crippen LogP contribution in [0.5, 0.6) is 0 Å². The minimum Gasteiger partial charge on any atom is -0.229 e. The fraction of sp³-hybridized carbons (Fsp3) is 0.455. The van der Waals surface area contributed by atoms with Crippen molar-refractivity contribution >= 4 is 44.6 Å². The van der Waals surface area contributed by atoms with Crippen LogP contribution < -0.4 is 0 Å². The molecule has 2 atom stereocenters. The number of benzene rings is 1. The maximum absolute atomic E-state index is 11.4. The van der Waals surface area contributed by atoms with Crippen molar-refractivity contribution in [1.29, 1.82) is 0 Å². The molecule has 6 heteroatoms. The maximum atomic E-state index is 11.4. The Morgan fingerprint density at radius 3 is 2.53 bits per heavy atom. The zero-order chi connectivity index (χ0) is 12.6. The largest absolute Gasteiger partial charge is 0.229 e. The Kier molecular flexibility index (Phi) is 3.93. The lowest BCUT2D eigenvalue weighted by molar-refractivity contribution is 0.569. The molecule has 1 saturated heterocycles. The molecule has 2 rings (SSSR count). The second-order valence-electron chi connectivity index (χ2n) is 4.23. The lowest BCUT2D eigenvalue weighted by atomic mass is 9.98. The summed E-state index contributed by atoms with van der Waals surface area (Å²) < 4.78 is 22.8. The molecule has 2 nitrogen and oxygen atoms in total. The third-order valence-corrected chi connectivity index (χ3v) is 5.89. The normalized spacial score (nSPS) is 24.8.